The summed E-state index contributed by atoms with van der Waals surface area (Å²) in [5, 5.41) is 16.0. The molecule has 0 aliphatic heterocycles. The third kappa shape index (κ3) is 11.4. The summed E-state index contributed by atoms with van der Waals surface area (Å²) in [7, 11) is 1.87. The van der Waals surface area contributed by atoms with E-state index in [-0.39, 0.29) is 0 Å². The first-order chi connectivity index (χ1) is 7.97. The number of hydrogen-bond donors (Lipinski definition) is 1. The molecule has 102 valence electrons. The summed E-state index contributed by atoms with van der Waals surface area (Å²) in [4.78, 5) is 0. The van der Waals surface area contributed by atoms with E-state index in [1.54, 1.807) is 4.68 Å². The number of aromatic nitrogens is 3. The van der Waals surface area contributed by atoms with Crippen molar-refractivity contribution in [2.75, 3.05) is 6.61 Å². The van der Waals surface area contributed by atoms with Gasteiger partial charge >= 0.3 is 0 Å². The number of aliphatic hydroxyl groups excluding tert-OH is 1. The lowest BCUT2D eigenvalue weighted by Gasteiger charge is -1.95. The van der Waals surface area contributed by atoms with Crippen LogP contribution in [0.3, 0.4) is 0 Å². The molecule has 4 nitrogen and oxygen atoms in total. The van der Waals surface area contributed by atoms with Crippen LogP contribution in [0.1, 0.15) is 59.6 Å². The fourth-order valence-corrected chi connectivity index (χ4v) is 0.888. The molecule has 0 saturated heterocycles. The van der Waals surface area contributed by atoms with Crippen LogP contribution in [0, 0.1) is 5.92 Å². The minimum Gasteiger partial charge on any atom is -0.396 e. The molecule has 0 amide bonds. The van der Waals surface area contributed by atoms with Crippen molar-refractivity contribution in [3.05, 3.63) is 11.9 Å². The lowest BCUT2D eigenvalue weighted by Crippen LogP contribution is -1.89. The molecule has 0 saturated carbocycles. The zero-order valence-corrected chi connectivity index (χ0v) is 12.4. The molecule has 0 spiro atoms. The first-order valence-corrected chi connectivity index (χ1v) is 6.44. The summed E-state index contributed by atoms with van der Waals surface area (Å²) < 4.78 is 1.72. The fraction of sp³-hybridized carbons (Fsp3) is 0.846. The van der Waals surface area contributed by atoms with Gasteiger partial charge in [-0.3, -0.25) is 4.68 Å². The molecule has 1 aromatic heterocycles. The van der Waals surface area contributed by atoms with Gasteiger partial charge in [0.25, 0.3) is 0 Å². The molecule has 0 unspecified atom stereocenters. The van der Waals surface area contributed by atoms with Crippen molar-refractivity contribution in [1.29, 1.82) is 0 Å². The highest BCUT2D eigenvalue weighted by atomic mass is 16.2. The first kappa shape index (κ1) is 18.5. The molecule has 0 bridgehead atoms. The highest BCUT2D eigenvalue weighted by Crippen LogP contribution is 2.07. The predicted molar refractivity (Wildman–Crippen MR) is 73.0 cm³/mol. The average Bonchev–Trinajstić information content (AvgIpc) is 2.69. The minimum atomic E-state index is 0.331. The van der Waals surface area contributed by atoms with Gasteiger partial charge in [0.2, 0.25) is 0 Å². The highest BCUT2D eigenvalue weighted by molar-refractivity contribution is 4.97. The van der Waals surface area contributed by atoms with Crippen molar-refractivity contribution in [2.45, 2.75) is 53.9 Å². The van der Waals surface area contributed by atoms with Gasteiger partial charge in [0.15, 0.2) is 0 Å². The van der Waals surface area contributed by atoms with Crippen LogP contribution in [0.5, 0.6) is 0 Å². The van der Waals surface area contributed by atoms with E-state index >= 15 is 0 Å². The molecular formula is C13H29N3O. The number of hydrogen-bond acceptors (Lipinski definition) is 3. The third-order valence-corrected chi connectivity index (χ3v) is 1.92. The monoisotopic (exact) mass is 243 g/mol. The van der Waals surface area contributed by atoms with Gasteiger partial charge in [-0.2, -0.15) is 0 Å². The Morgan fingerprint density at radius 3 is 1.88 bits per heavy atom. The third-order valence-electron chi connectivity index (χ3n) is 1.92. The summed E-state index contributed by atoms with van der Waals surface area (Å²) >= 11 is 0. The van der Waals surface area contributed by atoms with Gasteiger partial charge in [-0.05, 0) is 18.3 Å². The van der Waals surface area contributed by atoms with Crippen LogP contribution in [0.25, 0.3) is 0 Å². The van der Waals surface area contributed by atoms with Gasteiger partial charge < -0.3 is 5.11 Å². The van der Waals surface area contributed by atoms with Crippen molar-refractivity contribution in [3.8, 4) is 0 Å². The van der Waals surface area contributed by atoms with Gasteiger partial charge in [0, 0.05) is 19.9 Å². The van der Waals surface area contributed by atoms with Crippen molar-refractivity contribution >= 4 is 0 Å². The second-order valence-corrected chi connectivity index (χ2v) is 4.38. The summed E-state index contributed by atoms with van der Waals surface area (Å²) in [6.07, 6.45) is 2.87. The number of nitrogens with zero attached hydrogens (tertiary/aromatic N) is 3. The lowest BCUT2D eigenvalue weighted by molar-refractivity contribution is 0.268. The summed E-state index contributed by atoms with van der Waals surface area (Å²) in [6, 6.07) is 0. The van der Waals surface area contributed by atoms with Gasteiger partial charge in [-0.25, -0.2) is 0 Å². The molecule has 1 aromatic rings. The largest absolute Gasteiger partial charge is 0.396 e. The molecular weight excluding hydrogens is 214 g/mol. The Morgan fingerprint density at radius 1 is 1.24 bits per heavy atom. The Bertz CT molecular complexity index is 257. The molecule has 4 heteroatoms. The van der Waals surface area contributed by atoms with Crippen LogP contribution in [0.15, 0.2) is 6.20 Å². The maximum Gasteiger partial charge on any atom is 0.0852 e. The Labute approximate surface area is 106 Å². The second-order valence-electron chi connectivity index (χ2n) is 4.38. The predicted octanol–water partition coefficient (Wildman–Crippen LogP) is 2.99. The van der Waals surface area contributed by atoms with Gasteiger partial charge in [0.05, 0.1) is 5.69 Å². The fourth-order valence-electron chi connectivity index (χ4n) is 0.888. The van der Waals surface area contributed by atoms with Crippen molar-refractivity contribution < 1.29 is 5.11 Å². The topological polar surface area (TPSA) is 50.9 Å². The van der Waals surface area contributed by atoms with Crippen molar-refractivity contribution in [3.63, 3.8) is 0 Å². The summed E-state index contributed by atoms with van der Waals surface area (Å²) in [5.41, 5.74) is 1.05. The molecule has 0 aliphatic rings. The number of rotatable bonds is 3. The Morgan fingerprint density at radius 2 is 1.76 bits per heavy atom. The zero-order chi connectivity index (χ0) is 13.8. The van der Waals surface area contributed by atoms with Crippen LogP contribution in [-0.4, -0.2) is 26.7 Å². The van der Waals surface area contributed by atoms with E-state index in [9.17, 15) is 0 Å². The SMILES string of the molecule is CC.CC(C)CCO.CC(C)c1cn(C)nn1. The lowest BCUT2D eigenvalue weighted by atomic mass is 10.2. The molecule has 1 rings (SSSR count). The van der Waals surface area contributed by atoms with E-state index in [0.717, 1.165) is 12.1 Å². The van der Waals surface area contributed by atoms with Crippen molar-refractivity contribution in [1.82, 2.24) is 15.0 Å². The molecule has 0 radical (unpaired) electrons. The van der Waals surface area contributed by atoms with Crippen LogP contribution in [0.2, 0.25) is 0 Å². The summed E-state index contributed by atoms with van der Waals surface area (Å²) in [6.45, 7) is 12.7. The molecule has 1 heterocycles. The molecule has 0 fully saturated rings. The Kier molecular flexibility index (Phi) is 12.6. The summed E-state index contributed by atoms with van der Waals surface area (Å²) in [5.74, 6) is 1.13. The van der Waals surface area contributed by atoms with E-state index in [1.165, 1.54) is 0 Å². The van der Waals surface area contributed by atoms with E-state index in [2.05, 4.69) is 38.0 Å². The molecule has 1 N–H and O–H groups in total. The Hall–Kier alpha value is -0.900. The van der Waals surface area contributed by atoms with Gasteiger partial charge in [-0.15, -0.1) is 5.10 Å². The standard InChI is InChI=1S/C6H11N3.C5H12O.C2H6/c1-5(2)6-4-9(3)8-7-6;1-5(2)3-4-6;1-2/h4-5H,1-3H3;5-6H,3-4H2,1-2H3;1-2H3. The maximum absolute atomic E-state index is 8.24. The highest BCUT2D eigenvalue weighted by Gasteiger charge is 2.00. The van der Waals surface area contributed by atoms with Gasteiger partial charge in [-0.1, -0.05) is 46.8 Å². The van der Waals surface area contributed by atoms with E-state index in [0.29, 0.717) is 18.4 Å². The first-order valence-electron chi connectivity index (χ1n) is 6.44. The Balaban J connectivity index is 0. The van der Waals surface area contributed by atoms with Gasteiger partial charge in [0.1, 0.15) is 0 Å². The van der Waals surface area contributed by atoms with Crippen LogP contribution in [0.4, 0.5) is 0 Å². The normalized spacial score (nSPS) is 9.53. The van der Waals surface area contributed by atoms with Crippen molar-refractivity contribution in [2.24, 2.45) is 13.0 Å². The zero-order valence-electron chi connectivity index (χ0n) is 12.4. The molecule has 0 aromatic carbocycles. The molecule has 0 aliphatic carbocycles. The smallest absolute Gasteiger partial charge is 0.0852 e. The van der Waals surface area contributed by atoms with Crippen LogP contribution >= 0.6 is 0 Å². The molecule has 0 atom stereocenters. The van der Waals surface area contributed by atoms with E-state index in [4.69, 9.17) is 5.11 Å². The quantitative estimate of drug-likeness (QED) is 0.888. The second kappa shape index (κ2) is 11.6. The van der Waals surface area contributed by atoms with E-state index in [1.807, 2.05) is 27.1 Å². The van der Waals surface area contributed by atoms with Crippen LogP contribution < -0.4 is 0 Å². The van der Waals surface area contributed by atoms with E-state index < -0.39 is 0 Å². The number of aliphatic hydroxyl groups is 1. The molecule has 17 heavy (non-hydrogen) atoms. The average molecular weight is 243 g/mol. The van der Waals surface area contributed by atoms with Crippen LogP contribution in [-0.2, 0) is 7.05 Å². The maximum atomic E-state index is 8.24. The minimum absolute atomic E-state index is 0.331. The number of aryl methyl sites for hydroxylation is 1.